The lowest BCUT2D eigenvalue weighted by molar-refractivity contribution is -0.138. The highest BCUT2D eigenvalue weighted by Crippen LogP contribution is 2.23. The molecule has 0 aliphatic heterocycles. The van der Waals surface area contributed by atoms with Crippen LogP contribution in [-0.2, 0) is 4.79 Å². The van der Waals surface area contributed by atoms with Crippen molar-refractivity contribution in [3.05, 3.63) is 0 Å². The minimum absolute atomic E-state index is 0.206. The van der Waals surface area contributed by atoms with E-state index in [1.165, 1.54) is 25.7 Å². The molecule has 0 unspecified atom stereocenters. The number of carboxylic acids is 1. The van der Waals surface area contributed by atoms with E-state index in [1.807, 2.05) is 0 Å². The van der Waals surface area contributed by atoms with Crippen molar-refractivity contribution in [1.29, 1.82) is 0 Å². The fourth-order valence-corrected chi connectivity index (χ4v) is 2.42. The Morgan fingerprint density at radius 3 is 2.38 bits per heavy atom. The third kappa shape index (κ3) is 4.94. The molecule has 0 atom stereocenters. The van der Waals surface area contributed by atoms with Gasteiger partial charge in [-0.15, -0.1) is 0 Å². The van der Waals surface area contributed by atoms with Crippen molar-refractivity contribution < 1.29 is 9.90 Å². The van der Waals surface area contributed by atoms with Gasteiger partial charge in [0.2, 0.25) is 0 Å². The average molecular weight is 228 g/mol. The van der Waals surface area contributed by atoms with Gasteiger partial charge < -0.3 is 10.0 Å². The van der Waals surface area contributed by atoms with E-state index in [9.17, 15) is 4.79 Å². The Balaban J connectivity index is 2.34. The molecule has 0 spiro atoms. The van der Waals surface area contributed by atoms with Crippen LogP contribution in [0.5, 0.6) is 0 Å². The molecular weight excluding hydrogens is 204 g/mol. The standard InChI is InChI=1S/C12H24N2O2/c1-13(2)8-5-9-14(10-12(15)16)11-6-3-4-7-11/h11H,3-10H2,1-2H3,(H,15,16). The van der Waals surface area contributed by atoms with E-state index < -0.39 is 5.97 Å². The zero-order valence-corrected chi connectivity index (χ0v) is 10.5. The largest absolute Gasteiger partial charge is 0.480 e. The van der Waals surface area contributed by atoms with Crippen molar-refractivity contribution in [1.82, 2.24) is 9.80 Å². The van der Waals surface area contributed by atoms with Crippen LogP contribution in [0.3, 0.4) is 0 Å². The average Bonchev–Trinajstić information content (AvgIpc) is 2.67. The molecule has 1 aliphatic rings. The molecule has 0 bridgehead atoms. The molecule has 0 aromatic heterocycles. The van der Waals surface area contributed by atoms with Gasteiger partial charge in [0, 0.05) is 12.6 Å². The minimum Gasteiger partial charge on any atom is -0.480 e. The van der Waals surface area contributed by atoms with Crippen LogP contribution in [0, 0.1) is 0 Å². The fraction of sp³-hybridized carbons (Fsp3) is 0.917. The van der Waals surface area contributed by atoms with E-state index >= 15 is 0 Å². The second-order valence-electron chi connectivity index (χ2n) is 4.96. The van der Waals surface area contributed by atoms with Crippen LogP contribution in [0.1, 0.15) is 32.1 Å². The lowest BCUT2D eigenvalue weighted by Crippen LogP contribution is -2.39. The number of hydrogen-bond donors (Lipinski definition) is 1. The Morgan fingerprint density at radius 1 is 1.25 bits per heavy atom. The second-order valence-corrected chi connectivity index (χ2v) is 4.96. The summed E-state index contributed by atoms with van der Waals surface area (Å²) in [7, 11) is 4.11. The summed E-state index contributed by atoms with van der Waals surface area (Å²) in [6, 6.07) is 0.512. The minimum atomic E-state index is -0.697. The third-order valence-corrected chi connectivity index (χ3v) is 3.23. The molecule has 0 aromatic carbocycles. The van der Waals surface area contributed by atoms with E-state index in [0.29, 0.717) is 6.04 Å². The molecule has 16 heavy (non-hydrogen) atoms. The lowest BCUT2D eigenvalue weighted by atomic mass is 10.2. The predicted molar refractivity (Wildman–Crippen MR) is 64.6 cm³/mol. The Labute approximate surface area is 98.2 Å². The monoisotopic (exact) mass is 228 g/mol. The summed E-state index contributed by atoms with van der Waals surface area (Å²) in [6.07, 6.45) is 5.92. The van der Waals surface area contributed by atoms with Gasteiger partial charge in [0.25, 0.3) is 0 Å². The summed E-state index contributed by atoms with van der Waals surface area (Å²) >= 11 is 0. The van der Waals surface area contributed by atoms with Crippen LogP contribution in [-0.4, -0.2) is 60.6 Å². The number of nitrogens with zero attached hydrogens (tertiary/aromatic N) is 2. The number of carboxylic acid groups (broad SMARTS) is 1. The first-order valence-corrected chi connectivity index (χ1v) is 6.20. The van der Waals surface area contributed by atoms with Gasteiger partial charge in [0.15, 0.2) is 0 Å². The van der Waals surface area contributed by atoms with Gasteiger partial charge >= 0.3 is 5.97 Å². The zero-order chi connectivity index (χ0) is 12.0. The molecule has 1 N–H and O–H groups in total. The molecule has 4 nitrogen and oxygen atoms in total. The molecule has 4 heteroatoms. The Morgan fingerprint density at radius 2 is 1.88 bits per heavy atom. The quantitative estimate of drug-likeness (QED) is 0.712. The molecular formula is C12H24N2O2. The summed E-state index contributed by atoms with van der Waals surface area (Å²) in [5, 5.41) is 8.90. The first-order chi connectivity index (χ1) is 7.59. The van der Waals surface area contributed by atoms with Crippen LogP contribution >= 0.6 is 0 Å². The molecule has 1 rings (SSSR count). The molecule has 0 saturated heterocycles. The van der Waals surface area contributed by atoms with Crippen molar-refractivity contribution in [3.8, 4) is 0 Å². The van der Waals surface area contributed by atoms with Gasteiger partial charge in [-0.2, -0.15) is 0 Å². The highest BCUT2D eigenvalue weighted by Gasteiger charge is 2.23. The smallest absolute Gasteiger partial charge is 0.317 e. The zero-order valence-electron chi connectivity index (χ0n) is 10.5. The first-order valence-electron chi connectivity index (χ1n) is 6.20. The maximum atomic E-state index is 10.8. The summed E-state index contributed by atoms with van der Waals surface area (Å²) < 4.78 is 0. The van der Waals surface area contributed by atoms with Crippen LogP contribution in [0.25, 0.3) is 0 Å². The van der Waals surface area contributed by atoms with Crippen molar-refractivity contribution >= 4 is 5.97 Å². The van der Waals surface area contributed by atoms with Gasteiger partial charge in [-0.05, 0) is 39.9 Å². The van der Waals surface area contributed by atoms with Crippen molar-refractivity contribution in [3.63, 3.8) is 0 Å². The normalized spacial score (nSPS) is 17.5. The lowest BCUT2D eigenvalue weighted by Gasteiger charge is -2.27. The molecule has 0 radical (unpaired) electrons. The van der Waals surface area contributed by atoms with Gasteiger partial charge in [0.1, 0.15) is 0 Å². The topological polar surface area (TPSA) is 43.8 Å². The molecule has 0 amide bonds. The fourth-order valence-electron chi connectivity index (χ4n) is 2.42. The number of hydrogen-bond acceptors (Lipinski definition) is 3. The highest BCUT2D eigenvalue weighted by atomic mass is 16.4. The molecule has 0 aromatic rings. The maximum Gasteiger partial charge on any atom is 0.317 e. The van der Waals surface area contributed by atoms with Crippen LogP contribution in [0.4, 0.5) is 0 Å². The van der Waals surface area contributed by atoms with E-state index in [4.69, 9.17) is 5.11 Å². The number of rotatable bonds is 7. The summed E-state index contributed by atoms with van der Waals surface area (Å²) in [4.78, 5) is 15.1. The third-order valence-electron chi connectivity index (χ3n) is 3.23. The number of aliphatic carboxylic acids is 1. The summed E-state index contributed by atoms with van der Waals surface area (Å²) in [5.74, 6) is -0.697. The molecule has 1 saturated carbocycles. The molecule has 1 fully saturated rings. The number of carbonyl (C=O) groups is 1. The Bertz CT molecular complexity index is 213. The van der Waals surface area contributed by atoms with Crippen molar-refractivity contribution in [2.45, 2.75) is 38.1 Å². The summed E-state index contributed by atoms with van der Waals surface area (Å²) in [5.41, 5.74) is 0. The highest BCUT2D eigenvalue weighted by molar-refractivity contribution is 5.69. The van der Waals surface area contributed by atoms with E-state index in [0.717, 1.165) is 19.5 Å². The SMILES string of the molecule is CN(C)CCCN(CC(=O)O)C1CCCC1. The molecule has 94 valence electrons. The van der Waals surface area contributed by atoms with E-state index in [2.05, 4.69) is 23.9 Å². The van der Waals surface area contributed by atoms with Crippen molar-refractivity contribution in [2.75, 3.05) is 33.7 Å². The predicted octanol–water partition coefficient (Wildman–Crippen LogP) is 1.27. The molecule has 1 aliphatic carbocycles. The first kappa shape index (κ1) is 13.5. The van der Waals surface area contributed by atoms with Crippen LogP contribution in [0.2, 0.25) is 0 Å². The van der Waals surface area contributed by atoms with Gasteiger partial charge in [0.05, 0.1) is 6.54 Å². The van der Waals surface area contributed by atoms with Gasteiger partial charge in [-0.3, -0.25) is 9.69 Å². The second kappa shape index (κ2) is 6.86. The van der Waals surface area contributed by atoms with Gasteiger partial charge in [-0.1, -0.05) is 12.8 Å². The Hall–Kier alpha value is -0.610. The Kier molecular flexibility index (Phi) is 5.77. The summed E-state index contributed by atoms with van der Waals surface area (Å²) in [6.45, 7) is 2.15. The van der Waals surface area contributed by atoms with Crippen molar-refractivity contribution in [2.24, 2.45) is 0 Å². The van der Waals surface area contributed by atoms with E-state index in [-0.39, 0.29) is 6.54 Å². The van der Waals surface area contributed by atoms with Crippen LogP contribution in [0.15, 0.2) is 0 Å². The van der Waals surface area contributed by atoms with Gasteiger partial charge in [-0.25, -0.2) is 0 Å². The molecule has 0 heterocycles. The van der Waals surface area contributed by atoms with Crippen LogP contribution < -0.4 is 0 Å². The maximum absolute atomic E-state index is 10.8. The van der Waals surface area contributed by atoms with E-state index in [1.54, 1.807) is 0 Å².